The number of nitrogens with one attached hydrogen (secondary N) is 1. The number of ether oxygens (including phenoxy) is 1. The molecule has 1 heterocycles. The van der Waals surface area contributed by atoms with Crippen LogP contribution >= 0.6 is 11.3 Å². The zero-order chi connectivity index (χ0) is 21.3. The number of fused-ring (bicyclic) bond motifs is 1. The molecule has 1 N–H and O–H groups in total. The van der Waals surface area contributed by atoms with Gasteiger partial charge in [0, 0.05) is 4.88 Å². The van der Waals surface area contributed by atoms with Crippen LogP contribution in [0.4, 0.5) is 5.00 Å². The van der Waals surface area contributed by atoms with Crippen LogP contribution in [-0.2, 0) is 22.4 Å². The number of methoxy groups -OCH3 is 1. The van der Waals surface area contributed by atoms with Crippen molar-refractivity contribution in [2.24, 2.45) is 34.5 Å². The second-order valence-corrected chi connectivity index (χ2v) is 12.8. The molecule has 1 atom stereocenters. The van der Waals surface area contributed by atoms with Crippen LogP contribution in [0, 0.1) is 34.5 Å². The van der Waals surface area contributed by atoms with Crippen molar-refractivity contribution in [2.45, 2.75) is 78.6 Å². The molecule has 5 aliphatic carbocycles. The number of hydrogen-bond donors (Lipinski definition) is 1. The maximum Gasteiger partial charge on any atom is 0.341 e. The van der Waals surface area contributed by atoms with Crippen LogP contribution in [0.1, 0.15) is 86.5 Å². The van der Waals surface area contributed by atoms with Gasteiger partial charge < -0.3 is 10.1 Å². The fourth-order valence-corrected chi connectivity index (χ4v) is 8.67. The molecule has 0 spiro atoms. The highest BCUT2D eigenvalue weighted by Crippen LogP contribution is 2.60. The molecule has 0 unspecified atom stereocenters. The molecule has 1 aromatic rings. The minimum Gasteiger partial charge on any atom is -0.465 e. The smallest absolute Gasteiger partial charge is 0.341 e. The van der Waals surface area contributed by atoms with Crippen molar-refractivity contribution in [2.75, 3.05) is 12.4 Å². The summed E-state index contributed by atoms with van der Waals surface area (Å²) >= 11 is 1.63. The summed E-state index contributed by atoms with van der Waals surface area (Å²) in [7, 11) is 1.44. The SMILES string of the molecule is COC(=O)c1c(NC(=O)C23CC4CC(CC(C4)C2)C3)sc2c1CC[C@@H](C(C)(C)C)C2. The van der Waals surface area contributed by atoms with Gasteiger partial charge in [-0.25, -0.2) is 4.79 Å². The van der Waals surface area contributed by atoms with E-state index in [0.29, 0.717) is 11.5 Å². The number of rotatable bonds is 3. The van der Waals surface area contributed by atoms with E-state index in [1.165, 1.54) is 31.2 Å². The van der Waals surface area contributed by atoms with Gasteiger partial charge in [0.25, 0.3) is 0 Å². The molecule has 1 amide bonds. The Labute approximate surface area is 184 Å². The van der Waals surface area contributed by atoms with Crippen LogP contribution in [0.15, 0.2) is 0 Å². The number of carbonyl (C=O) groups is 2. The monoisotopic (exact) mass is 429 g/mol. The van der Waals surface area contributed by atoms with Crippen molar-refractivity contribution >= 4 is 28.2 Å². The second kappa shape index (κ2) is 7.08. The number of amides is 1. The summed E-state index contributed by atoms with van der Waals surface area (Å²) < 4.78 is 5.14. The highest BCUT2D eigenvalue weighted by molar-refractivity contribution is 7.17. The van der Waals surface area contributed by atoms with Gasteiger partial charge in [0.15, 0.2) is 0 Å². The maximum atomic E-state index is 13.6. The Bertz CT molecular complexity index is 842. The predicted molar refractivity (Wildman–Crippen MR) is 120 cm³/mol. The van der Waals surface area contributed by atoms with Gasteiger partial charge in [-0.2, -0.15) is 0 Å². The third kappa shape index (κ3) is 3.32. The van der Waals surface area contributed by atoms with Gasteiger partial charge >= 0.3 is 5.97 Å². The Morgan fingerprint density at radius 3 is 2.20 bits per heavy atom. The first-order valence-corrected chi connectivity index (χ1v) is 12.5. The van der Waals surface area contributed by atoms with Crippen LogP contribution < -0.4 is 5.32 Å². The largest absolute Gasteiger partial charge is 0.465 e. The van der Waals surface area contributed by atoms with Crippen LogP contribution in [0.3, 0.4) is 0 Å². The molecule has 1 aromatic heterocycles. The normalized spacial score (nSPS) is 34.5. The molecule has 5 heteroatoms. The fraction of sp³-hybridized carbons (Fsp3) is 0.760. The Morgan fingerprint density at radius 2 is 1.67 bits per heavy atom. The summed E-state index contributed by atoms with van der Waals surface area (Å²) in [5.41, 5.74) is 1.78. The lowest BCUT2D eigenvalue weighted by Crippen LogP contribution is -2.51. The number of anilines is 1. The van der Waals surface area contributed by atoms with E-state index < -0.39 is 0 Å². The summed E-state index contributed by atoms with van der Waals surface area (Å²) in [5.74, 6) is 2.64. The molecule has 4 bridgehead atoms. The molecule has 0 radical (unpaired) electrons. The van der Waals surface area contributed by atoms with Crippen LogP contribution in [-0.4, -0.2) is 19.0 Å². The average molecular weight is 430 g/mol. The molecule has 4 fully saturated rings. The summed E-state index contributed by atoms with van der Waals surface area (Å²) in [5, 5.41) is 4.01. The average Bonchev–Trinajstić information content (AvgIpc) is 3.02. The zero-order valence-corrected chi connectivity index (χ0v) is 19.6. The lowest BCUT2D eigenvalue weighted by atomic mass is 9.49. The molecule has 0 saturated heterocycles. The third-order valence-corrected chi connectivity index (χ3v) is 9.80. The molecule has 4 saturated carbocycles. The molecule has 0 aromatic carbocycles. The maximum absolute atomic E-state index is 13.6. The summed E-state index contributed by atoms with van der Waals surface area (Å²) in [6, 6.07) is 0. The van der Waals surface area contributed by atoms with Crippen molar-refractivity contribution in [1.82, 2.24) is 0 Å². The predicted octanol–water partition coefficient (Wildman–Crippen LogP) is 5.84. The van der Waals surface area contributed by atoms with E-state index >= 15 is 0 Å². The number of carbonyl (C=O) groups excluding carboxylic acids is 2. The van der Waals surface area contributed by atoms with E-state index in [1.54, 1.807) is 11.3 Å². The standard InChI is InChI=1S/C25H35NO3S/c1-24(2,3)17-5-6-18-19(10-17)30-21(20(18)22(27)29-4)26-23(28)25-11-14-7-15(12-25)9-16(8-14)13-25/h14-17H,5-13H2,1-4H3,(H,26,28)/t14?,15?,16?,17-,25?/m1/s1. The first-order valence-electron chi connectivity index (χ1n) is 11.7. The van der Waals surface area contributed by atoms with E-state index in [0.717, 1.165) is 66.8 Å². The minimum absolute atomic E-state index is 0.165. The Balaban J connectivity index is 1.44. The van der Waals surface area contributed by atoms with Gasteiger partial charge in [0.2, 0.25) is 5.91 Å². The minimum atomic E-state index is -0.303. The third-order valence-electron chi connectivity index (χ3n) is 8.63. The van der Waals surface area contributed by atoms with Crippen LogP contribution in [0.2, 0.25) is 0 Å². The fourth-order valence-electron chi connectivity index (χ4n) is 7.36. The van der Waals surface area contributed by atoms with E-state index in [1.807, 2.05) is 0 Å². The van der Waals surface area contributed by atoms with Crippen molar-refractivity contribution in [3.63, 3.8) is 0 Å². The zero-order valence-electron chi connectivity index (χ0n) is 18.8. The summed E-state index contributed by atoms with van der Waals surface area (Å²) in [4.78, 5) is 27.6. The molecular weight excluding hydrogens is 394 g/mol. The lowest BCUT2D eigenvalue weighted by molar-refractivity contribution is -0.140. The van der Waals surface area contributed by atoms with Crippen LogP contribution in [0.25, 0.3) is 0 Å². The summed E-state index contributed by atoms with van der Waals surface area (Å²) in [6.07, 6.45) is 10.0. The Hall–Kier alpha value is -1.36. The molecule has 6 rings (SSSR count). The van der Waals surface area contributed by atoms with E-state index in [2.05, 4.69) is 26.1 Å². The number of thiophene rings is 1. The van der Waals surface area contributed by atoms with E-state index in [9.17, 15) is 9.59 Å². The van der Waals surface area contributed by atoms with Gasteiger partial charge in [-0.1, -0.05) is 20.8 Å². The van der Waals surface area contributed by atoms with Crippen molar-refractivity contribution < 1.29 is 14.3 Å². The highest BCUT2D eigenvalue weighted by Gasteiger charge is 2.54. The number of hydrogen-bond acceptors (Lipinski definition) is 4. The number of esters is 1. The summed E-state index contributed by atoms with van der Waals surface area (Å²) in [6.45, 7) is 6.90. The Kier molecular flexibility index (Phi) is 4.85. The Morgan fingerprint density at radius 1 is 1.07 bits per heavy atom. The first kappa shape index (κ1) is 20.5. The molecule has 5 aliphatic rings. The van der Waals surface area contributed by atoms with E-state index in [-0.39, 0.29) is 22.7 Å². The molecule has 4 nitrogen and oxygen atoms in total. The van der Waals surface area contributed by atoms with Gasteiger partial charge in [-0.15, -0.1) is 11.3 Å². The van der Waals surface area contributed by atoms with Crippen molar-refractivity contribution in [1.29, 1.82) is 0 Å². The van der Waals surface area contributed by atoms with Gasteiger partial charge in [-0.3, -0.25) is 4.79 Å². The van der Waals surface area contributed by atoms with Gasteiger partial charge in [-0.05, 0) is 92.4 Å². The molecular formula is C25H35NO3S. The van der Waals surface area contributed by atoms with Crippen molar-refractivity contribution in [3.05, 3.63) is 16.0 Å². The quantitative estimate of drug-likeness (QED) is 0.614. The van der Waals surface area contributed by atoms with E-state index in [4.69, 9.17) is 4.74 Å². The molecule has 0 aliphatic heterocycles. The molecule has 30 heavy (non-hydrogen) atoms. The van der Waals surface area contributed by atoms with Gasteiger partial charge in [0.05, 0.1) is 18.1 Å². The second-order valence-electron chi connectivity index (χ2n) is 11.7. The van der Waals surface area contributed by atoms with Gasteiger partial charge in [0.1, 0.15) is 5.00 Å². The topological polar surface area (TPSA) is 55.4 Å². The molecule has 164 valence electrons. The lowest BCUT2D eigenvalue weighted by Gasteiger charge is -2.55. The van der Waals surface area contributed by atoms with Crippen LogP contribution in [0.5, 0.6) is 0 Å². The highest BCUT2D eigenvalue weighted by atomic mass is 32.1. The van der Waals surface area contributed by atoms with Crippen molar-refractivity contribution in [3.8, 4) is 0 Å². The first-order chi connectivity index (χ1) is 14.2.